The summed E-state index contributed by atoms with van der Waals surface area (Å²) in [6, 6.07) is 5.97. The van der Waals surface area contributed by atoms with Crippen molar-refractivity contribution in [3.8, 4) is 0 Å². The van der Waals surface area contributed by atoms with E-state index in [1.807, 2.05) is 13.8 Å². The minimum atomic E-state index is -0.666. The average molecular weight is 465 g/mol. The van der Waals surface area contributed by atoms with Gasteiger partial charge in [-0.1, -0.05) is 26.0 Å². The van der Waals surface area contributed by atoms with Crippen LogP contribution < -0.4 is 10.6 Å². The fraction of sp³-hybridized carbons (Fsp3) is 0.680. The molecular weight excluding hydrogens is 427 g/mol. The van der Waals surface area contributed by atoms with E-state index in [1.165, 1.54) is 12.1 Å². The summed E-state index contributed by atoms with van der Waals surface area (Å²) in [5.74, 6) is -0.785. The fourth-order valence-electron chi connectivity index (χ4n) is 6.17. The first kappa shape index (κ1) is 25.4. The second-order valence-electron chi connectivity index (χ2n) is 10.0. The number of halogens is 1. The molecule has 0 spiro atoms. The van der Waals surface area contributed by atoms with Crippen molar-refractivity contribution in [3.63, 3.8) is 0 Å². The van der Waals surface area contributed by atoms with Gasteiger partial charge in [-0.2, -0.15) is 0 Å². The highest BCUT2D eigenvalue weighted by Crippen LogP contribution is 2.61. The molecule has 0 heterocycles. The fourth-order valence-corrected chi connectivity index (χ4v) is 6.17. The molecule has 0 aromatic heterocycles. The molecule has 2 fully saturated rings. The van der Waals surface area contributed by atoms with E-state index >= 15 is 0 Å². The van der Waals surface area contributed by atoms with Crippen molar-refractivity contribution in [2.24, 2.45) is 22.7 Å². The summed E-state index contributed by atoms with van der Waals surface area (Å²) >= 11 is 0. The number of aliphatic hydroxyl groups excluding tert-OH is 2. The number of carbonyl (C=O) groups excluding carboxylic acids is 2. The molecule has 6 atom stereocenters. The van der Waals surface area contributed by atoms with Gasteiger partial charge in [0.25, 0.3) is 0 Å². The minimum Gasteiger partial charge on any atom is -0.446 e. The molecule has 184 valence electrons. The largest absolute Gasteiger partial charge is 0.446 e. The van der Waals surface area contributed by atoms with Crippen LogP contribution in [0.3, 0.4) is 0 Å². The summed E-state index contributed by atoms with van der Waals surface area (Å²) in [5.41, 5.74) is -0.251. The molecule has 7 nitrogen and oxygen atoms in total. The number of rotatable bonds is 7. The first-order valence-corrected chi connectivity index (χ1v) is 11.9. The molecule has 33 heavy (non-hydrogen) atoms. The predicted molar refractivity (Wildman–Crippen MR) is 122 cm³/mol. The zero-order chi connectivity index (χ0) is 24.2. The van der Waals surface area contributed by atoms with Crippen molar-refractivity contribution in [2.75, 3.05) is 13.2 Å². The number of aliphatic hydroxyl groups is 2. The van der Waals surface area contributed by atoms with Gasteiger partial charge in [0.2, 0.25) is 5.91 Å². The van der Waals surface area contributed by atoms with Gasteiger partial charge in [0.1, 0.15) is 11.9 Å². The highest BCUT2D eigenvalue weighted by atomic mass is 19.1. The Balaban J connectivity index is 1.72. The first-order chi connectivity index (χ1) is 15.6. The van der Waals surface area contributed by atoms with E-state index in [4.69, 9.17) is 4.74 Å². The number of alkyl carbamates (subject to hydrolysis) is 1. The van der Waals surface area contributed by atoms with Crippen molar-refractivity contribution < 1.29 is 28.9 Å². The maximum absolute atomic E-state index is 13.1. The smallest absolute Gasteiger partial charge is 0.407 e. The summed E-state index contributed by atoms with van der Waals surface area (Å²) in [7, 11) is 0. The molecule has 2 aliphatic rings. The number of benzene rings is 1. The molecule has 0 radical (unpaired) electrons. The van der Waals surface area contributed by atoms with Crippen molar-refractivity contribution in [3.05, 3.63) is 35.6 Å². The SMILES string of the molecule is CCNC(=O)O[C@@H]1CC[C@]2(C)[C@H](CC[C@@H](O)[C@H]2CC(=O)NCc2ccc(F)cc2)[C@]1(C)CO. The number of amides is 2. The Labute approximate surface area is 195 Å². The van der Waals surface area contributed by atoms with Crippen LogP contribution in [0.25, 0.3) is 0 Å². The monoisotopic (exact) mass is 464 g/mol. The Kier molecular flexibility index (Phi) is 8.00. The third-order valence-corrected chi connectivity index (χ3v) is 8.05. The summed E-state index contributed by atoms with van der Waals surface area (Å²) in [4.78, 5) is 24.9. The maximum atomic E-state index is 13.1. The number of hydrogen-bond donors (Lipinski definition) is 4. The molecule has 1 aromatic carbocycles. The van der Waals surface area contributed by atoms with E-state index < -0.39 is 23.7 Å². The third kappa shape index (κ3) is 5.32. The molecule has 3 rings (SSSR count). The summed E-state index contributed by atoms with van der Waals surface area (Å²) in [5, 5.41) is 26.8. The highest BCUT2D eigenvalue weighted by molar-refractivity contribution is 5.76. The van der Waals surface area contributed by atoms with E-state index in [0.29, 0.717) is 38.8 Å². The van der Waals surface area contributed by atoms with Gasteiger partial charge in [-0.3, -0.25) is 4.79 Å². The third-order valence-electron chi connectivity index (χ3n) is 8.05. The van der Waals surface area contributed by atoms with Crippen molar-refractivity contribution in [2.45, 2.75) is 71.6 Å². The Morgan fingerprint density at radius 2 is 1.85 bits per heavy atom. The topological polar surface area (TPSA) is 108 Å². The Hall–Kier alpha value is -2.19. The zero-order valence-electron chi connectivity index (χ0n) is 19.8. The molecule has 2 aliphatic carbocycles. The summed E-state index contributed by atoms with van der Waals surface area (Å²) in [6.45, 7) is 6.47. The lowest BCUT2D eigenvalue weighted by molar-refractivity contribution is -0.185. The van der Waals surface area contributed by atoms with Gasteiger partial charge >= 0.3 is 6.09 Å². The molecule has 1 aromatic rings. The number of nitrogens with one attached hydrogen (secondary N) is 2. The number of carbonyl (C=O) groups is 2. The number of hydrogen-bond acceptors (Lipinski definition) is 5. The first-order valence-electron chi connectivity index (χ1n) is 11.9. The molecule has 8 heteroatoms. The molecule has 0 bridgehead atoms. The minimum absolute atomic E-state index is 0.0125. The average Bonchev–Trinajstić information content (AvgIpc) is 2.78. The molecule has 0 aliphatic heterocycles. The molecule has 4 N–H and O–H groups in total. The number of ether oxygens (including phenoxy) is 1. The van der Waals surface area contributed by atoms with Crippen molar-refractivity contribution in [1.82, 2.24) is 10.6 Å². The second-order valence-corrected chi connectivity index (χ2v) is 10.0. The van der Waals surface area contributed by atoms with E-state index in [9.17, 15) is 24.2 Å². The Morgan fingerprint density at radius 3 is 2.48 bits per heavy atom. The van der Waals surface area contributed by atoms with Crippen molar-refractivity contribution >= 4 is 12.0 Å². The van der Waals surface area contributed by atoms with Gasteiger partial charge < -0.3 is 25.6 Å². The van der Waals surface area contributed by atoms with Crippen LogP contribution in [0.4, 0.5) is 9.18 Å². The maximum Gasteiger partial charge on any atom is 0.407 e. The van der Waals surface area contributed by atoms with E-state index in [1.54, 1.807) is 12.1 Å². The van der Waals surface area contributed by atoms with Crippen LogP contribution in [-0.2, 0) is 16.1 Å². The van der Waals surface area contributed by atoms with Gasteiger partial charge in [-0.15, -0.1) is 0 Å². The normalized spacial score (nSPS) is 33.6. The van der Waals surface area contributed by atoms with E-state index in [-0.39, 0.29) is 42.0 Å². The van der Waals surface area contributed by atoms with Crippen LogP contribution >= 0.6 is 0 Å². The Morgan fingerprint density at radius 1 is 1.15 bits per heavy atom. The molecule has 0 saturated heterocycles. The van der Waals surface area contributed by atoms with Crippen LogP contribution in [0.15, 0.2) is 24.3 Å². The predicted octanol–water partition coefficient (Wildman–Crippen LogP) is 3.13. The van der Waals surface area contributed by atoms with E-state index in [0.717, 1.165) is 5.56 Å². The lowest BCUT2D eigenvalue weighted by atomic mass is 9.46. The standard InChI is InChI=1S/C25H37FN2O5/c1-4-27-23(32)33-21-11-12-24(2)18(19(30)9-10-20(24)25(21,3)15-29)13-22(31)28-14-16-5-7-17(26)8-6-16/h5-8,18-21,29-30H,4,9-15H2,1-3H3,(H,27,32)(H,28,31)/t18-,19-,20+,21-,24+,25+/m1/s1. The van der Waals surface area contributed by atoms with Gasteiger partial charge in [0, 0.05) is 24.9 Å². The lowest BCUT2D eigenvalue weighted by Gasteiger charge is -2.60. The van der Waals surface area contributed by atoms with Crippen LogP contribution in [0, 0.1) is 28.5 Å². The highest BCUT2D eigenvalue weighted by Gasteiger charge is 2.60. The molecule has 2 amide bonds. The quantitative estimate of drug-likeness (QED) is 0.496. The van der Waals surface area contributed by atoms with Crippen LogP contribution in [0.5, 0.6) is 0 Å². The van der Waals surface area contributed by atoms with Gasteiger partial charge in [-0.05, 0) is 67.6 Å². The van der Waals surface area contributed by atoms with Crippen LogP contribution in [0.2, 0.25) is 0 Å². The molecule has 2 saturated carbocycles. The molecule has 0 unspecified atom stereocenters. The van der Waals surface area contributed by atoms with E-state index in [2.05, 4.69) is 17.6 Å². The van der Waals surface area contributed by atoms with Gasteiger partial charge in [-0.25, -0.2) is 9.18 Å². The Bertz CT molecular complexity index is 835. The zero-order valence-corrected chi connectivity index (χ0v) is 19.8. The second kappa shape index (κ2) is 10.4. The summed E-state index contributed by atoms with van der Waals surface area (Å²) < 4.78 is 18.8. The van der Waals surface area contributed by atoms with Gasteiger partial charge in [0.05, 0.1) is 12.7 Å². The van der Waals surface area contributed by atoms with Crippen LogP contribution in [0.1, 0.15) is 58.4 Å². The van der Waals surface area contributed by atoms with Crippen LogP contribution in [-0.4, -0.2) is 47.6 Å². The lowest BCUT2D eigenvalue weighted by Crippen LogP contribution is -2.61. The number of fused-ring (bicyclic) bond motifs is 1. The summed E-state index contributed by atoms with van der Waals surface area (Å²) in [6.07, 6.45) is 1.09. The van der Waals surface area contributed by atoms with Crippen molar-refractivity contribution in [1.29, 1.82) is 0 Å². The molecular formula is C25H37FN2O5. The van der Waals surface area contributed by atoms with Gasteiger partial charge in [0.15, 0.2) is 0 Å².